The lowest BCUT2D eigenvalue weighted by atomic mass is 10.1. The Bertz CT molecular complexity index is 473. The summed E-state index contributed by atoms with van der Waals surface area (Å²) < 4.78 is 11.3. The molecular weight excluding hydrogens is 290 g/mol. The van der Waals surface area contributed by atoms with Gasteiger partial charge in [-0.3, -0.25) is 4.79 Å². The van der Waals surface area contributed by atoms with Gasteiger partial charge in [0.2, 0.25) is 0 Å². The first-order valence-electron chi connectivity index (χ1n) is 8.52. The number of piperidine rings is 1. The zero-order chi connectivity index (χ0) is 16.7. The Labute approximate surface area is 139 Å². The molecular formula is C19H29NO3. The van der Waals surface area contributed by atoms with Crippen molar-refractivity contribution >= 4 is 5.97 Å². The van der Waals surface area contributed by atoms with E-state index in [0.29, 0.717) is 19.1 Å². The zero-order valence-electron chi connectivity index (χ0n) is 14.6. The van der Waals surface area contributed by atoms with Crippen LogP contribution in [0.5, 0.6) is 0 Å². The van der Waals surface area contributed by atoms with Crippen LogP contribution in [0.2, 0.25) is 0 Å². The maximum Gasteiger partial charge on any atom is 0.307 e. The van der Waals surface area contributed by atoms with E-state index in [2.05, 4.69) is 17.0 Å². The normalized spacial score (nSPS) is 17.2. The van der Waals surface area contributed by atoms with E-state index < -0.39 is 5.60 Å². The maximum absolute atomic E-state index is 11.8. The largest absolute Gasteiger partial charge is 0.460 e. The van der Waals surface area contributed by atoms with E-state index in [0.717, 1.165) is 32.5 Å². The van der Waals surface area contributed by atoms with Crippen LogP contribution in [0.3, 0.4) is 0 Å². The summed E-state index contributed by atoms with van der Waals surface area (Å²) >= 11 is 0. The zero-order valence-corrected chi connectivity index (χ0v) is 14.6. The molecule has 1 saturated heterocycles. The smallest absolute Gasteiger partial charge is 0.307 e. The summed E-state index contributed by atoms with van der Waals surface area (Å²) in [6, 6.07) is 10.3. The number of likely N-dealkylation sites (tertiary alicyclic amines) is 1. The highest BCUT2D eigenvalue weighted by molar-refractivity contribution is 5.70. The van der Waals surface area contributed by atoms with Crippen LogP contribution in [0.4, 0.5) is 0 Å². The number of esters is 1. The van der Waals surface area contributed by atoms with Crippen LogP contribution in [-0.2, 0) is 20.9 Å². The van der Waals surface area contributed by atoms with Gasteiger partial charge in [0.05, 0.1) is 19.1 Å². The summed E-state index contributed by atoms with van der Waals surface area (Å²) in [7, 11) is 0. The summed E-state index contributed by atoms with van der Waals surface area (Å²) in [5.41, 5.74) is 0.829. The summed E-state index contributed by atoms with van der Waals surface area (Å²) in [5, 5.41) is 0. The molecule has 0 saturated carbocycles. The van der Waals surface area contributed by atoms with Gasteiger partial charge in [-0.05, 0) is 39.2 Å². The van der Waals surface area contributed by atoms with Gasteiger partial charge in [0.15, 0.2) is 0 Å². The van der Waals surface area contributed by atoms with Crippen molar-refractivity contribution in [3.05, 3.63) is 35.9 Å². The van der Waals surface area contributed by atoms with Crippen LogP contribution in [0.1, 0.15) is 45.6 Å². The van der Waals surface area contributed by atoms with E-state index in [1.54, 1.807) is 0 Å². The molecule has 0 aromatic heterocycles. The monoisotopic (exact) mass is 319 g/mol. The van der Waals surface area contributed by atoms with Gasteiger partial charge in [0, 0.05) is 19.6 Å². The maximum atomic E-state index is 11.8. The van der Waals surface area contributed by atoms with Crippen LogP contribution in [0.25, 0.3) is 0 Å². The molecule has 1 aliphatic rings. The lowest BCUT2D eigenvalue weighted by Crippen LogP contribution is -2.38. The third-order valence-corrected chi connectivity index (χ3v) is 3.92. The number of ether oxygens (including phenoxy) is 2. The molecule has 1 fully saturated rings. The second-order valence-corrected chi connectivity index (χ2v) is 7.17. The highest BCUT2D eigenvalue weighted by atomic mass is 16.6. The Morgan fingerprint density at radius 3 is 2.43 bits per heavy atom. The van der Waals surface area contributed by atoms with E-state index >= 15 is 0 Å². The Kier molecular flexibility index (Phi) is 6.60. The third-order valence-electron chi connectivity index (χ3n) is 3.92. The first-order valence-corrected chi connectivity index (χ1v) is 8.52. The highest BCUT2D eigenvalue weighted by Gasteiger charge is 2.21. The number of rotatable bonds is 6. The summed E-state index contributed by atoms with van der Waals surface area (Å²) in [5.74, 6) is -0.111. The van der Waals surface area contributed by atoms with E-state index in [4.69, 9.17) is 9.47 Å². The van der Waals surface area contributed by atoms with Gasteiger partial charge in [0.25, 0.3) is 0 Å². The molecule has 4 nitrogen and oxygen atoms in total. The molecule has 2 rings (SSSR count). The van der Waals surface area contributed by atoms with Crippen molar-refractivity contribution in [1.29, 1.82) is 0 Å². The molecule has 4 heteroatoms. The molecule has 1 heterocycles. The van der Waals surface area contributed by atoms with Crippen LogP contribution in [0.15, 0.2) is 30.3 Å². The minimum Gasteiger partial charge on any atom is -0.460 e. The molecule has 0 unspecified atom stereocenters. The predicted octanol–water partition coefficient (Wildman–Crippen LogP) is 3.40. The fraction of sp³-hybridized carbons (Fsp3) is 0.632. The van der Waals surface area contributed by atoms with Crippen LogP contribution >= 0.6 is 0 Å². The summed E-state index contributed by atoms with van der Waals surface area (Å²) in [6.45, 7) is 9.15. The highest BCUT2D eigenvalue weighted by Crippen LogP contribution is 2.16. The molecule has 0 amide bonds. The van der Waals surface area contributed by atoms with Crippen molar-refractivity contribution in [1.82, 2.24) is 4.90 Å². The average molecular weight is 319 g/mol. The van der Waals surface area contributed by atoms with Crippen molar-refractivity contribution in [3.63, 3.8) is 0 Å². The summed E-state index contributed by atoms with van der Waals surface area (Å²) in [4.78, 5) is 14.1. The molecule has 0 aliphatic carbocycles. The first-order chi connectivity index (χ1) is 10.9. The number of nitrogens with zero attached hydrogens (tertiary/aromatic N) is 1. The lowest BCUT2D eigenvalue weighted by molar-refractivity contribution is -0.155. The number of hydrogen-bond acceptors (Lipinski definition) is 4. The number of hydrogen-bond donors (Lipinski definition) is 0. The van der Waals surface area contributed by atoms with Gasteiger partial charge in [-0.1, -0.05) is 30.3 Å². The molecule has 0 spiro atoms. The predicted molar refractivity (Wildman–Crippen MR) is 91.2 cm³/mol. The quantitative estimate of drug-likeness (QED) is 0.753. The third kappa shape index (κ3) is 7.14. The molecule has 0 bridgehead atoms. The minimum atomic E-state index is -0.393. The van der Waals surface area contributed by atoms with Gasteiger partial charge < -0.3 is 14.4 Å². The number of carbonyl (C=O) groups excluding carboxylic acids is 1. The Morgan fingerprint density at radius 1 is 1.17 bits per heavy atom. The van der Waals surface area contributed by atoms with Gasteiger partial charge >= 0.3 is 5.97 Å². The van der Waals surface area contributed by atoms with Crippen molar-refractivity contribution < 1.29 is 14.3 Å². The molecule has 0 radical (unpaired) electrons. The topological polar surface area (TPSA) is 38.8 Å². The molecule has 128 valence electrons. The fourth-order valence-corrected chi connectivity index (χ4v) is 2.73. The van der Waals surface area contributed by atoms with E-state index in [9.17, 15) is 4.79 Å². The second-order valence-electron chi connectivity index (χ2n) is 7.17. The van der Waals surface area contributed by atoms with Crippen LogP contribution in [0, 0.1) is 0 Å². The Hall–Kier alpha value is -1.39. The molecule has 1 aromatic carbocycles. The van der Waals surface area contributed by atoms with Crippen molar-refractivity contribution in [3.8, 4) is 0 Å². The van der Waals surface area contributed by atoms with E-state index in [1.165, 1.54) is 5.56 Å². The van der Waals surface area contributed by atoms with E-state index in [-0.39, 0.29) is 5.97 Å². The molecule has 1 aliphatic heterocycles. The molecule has 1 aromatic rings. The van der Waals surface area contributed by atoms with Gasteiger partial charge in [0.1, 0.15) is 5.60 Å². The minimum absolute atomic E-state index is 0.111. The average Bonchev–Trinajstić information content (AvgIpc) is 2.51. The SMILES string of the molecule is CC(C)(C)OC(=O)CCN1CCC(OCc2ccccc2)CC1. The van der Waals surface area contributed by atoms with Crippen molar-refractivity contribution in [2.24, 2.45) is 0 Å². The standard InChI is InChI=1S/C19H29NO3/c1-19(2,3)23-18(21)11-14-20-12-9-17(10-13-20)22-15-16-7-5-4-6-8-16/h4-8,17H,9-15H2,1-3H3. The molecule has 0 N–H and O–H groups in total. The Balaban J connectivity index is 1.61. The van der Waals surface area contributed by atoms with Gasteiger partial charge in [-0.25, -0.2) is 0 Å². The second kappa shape index (κ2) is 8.46. The van der Waals surface area contributed by atoms with Gasteiger partial charge in [-0.2, -0.15) is 0 Å². The van der Waals surface area contributed by atoms with E-state index in [1.807, 2.05) is 39.0 Å². The number of carbonyl (C=O) groups is 1. The first kappa shape index (κ1) is 18.0. The molecule has 0 atom stereocenters. The number of benzene rings is 1. The van der Waals surface area contributed by atoms with Crippen LogP contribution < -0.4 is 0 Å². The fourth-order valence-electron chi connectivity index (χ4n) is 2.73. The van der Waals surface area contributed by atoms with Gasteiger partial charge in [-0.15, -0.1) is 0 Å². The van der Waals surface area contributed by atoms with Crippen LogP contribution in [-0.4, -0.2) is 42.2 Å². The molecule has 23 heavy (non-hydrogen) atoms. The Morgan fingerprint density at radius 2 is 1.83 bits per heavy atom. The van der Waals surface area contributed by atoms with Crippen molar-refractivity contribution in [2.75, 3.05) is 19.6 Å². The summed E-state index contributed by atoms with van der Waals surface area (Å²) in [6.07, 6.45) is 2.85. The lowest BCUT2D eigenvalue weighted by Gasteiger charge is -2.32. The van der Waals surface area contributed by atoms with Crippen molar-refractivity contribution in [2.45, 2.75) is 58.3 Å².